The van der Waals surface area contributed by atoms with E-state index < -0.39 is 0 Å². The van der Waals surface area contributed by atoms with Gasteiger partial charge in [-0.25, -0.2) is 4.98 Å². The Morgan fingerprint density at radius 2 is 2.06 bits per heavy atom. The van der Waals surface area contributed by atoms with Gasteiger partial charge in [0.15, 0.2) is 0 Å². The number of aromatic nitrogens is 2. The first-order valence-electron chi connectivity index (χ1n) is 5.17. The maximum absolute atomic E-state index is 4.16. The molecule has 2 aromatic rings. The number of hydrogen-bond acceptors (Lipinski definition) is 2. The maximum Gasteiger partial charge on any atom is 0.0948 e. The molecule has 4 heteroatoms. The number of halogens is 1. The molecule has 0 spiro atoms. The Labute approximate surface area is 108 Å². The van der Waals surface area contributed by atoms with Crippen LogP contribution < -0.4 is 0 Å². The molecule has 0 N–H and O–H groups in total. The first kappa shape index (κ1) is 11.7. The molecule has 0 saturated carbocycles. The molecule has 0 amide bonds. The Hall–Kier alpha value is -0.740. The highest BCUT2D eigenvalue weighted by Crippen LogP contribution is 2.24. The molecule has 0 aliphatic rings. The summed E-state index contributed by atoms with van der Waals surface area (Å²) in [5, 5.41) is 0. The fourth-order valence-electron chi connectivity index (χ4n) is 1.44. The van der Waals surface area contributed by atoms with Crippen LogP contribution in [0, 0.1) is 0 Å². The maximum atomic E-state index is 4.16. The molecule has 0 bridgehead atoms. The zero-order valence-electron chi connectivity index (χ0n) is 9.06. The summed E-state index contributed by atoms with van der Waals surface area (Å²) in [6.07, 6.45) is 3.83. The van der Waals surface area contributed by atoms with Crippen LogP contribution in [-0.2, 0) is 12.3 Å². The van der Waals surface area contributed by atoms with Crippen LogP contribution in [0.3, 0.4) is 0 Å². The summed E-state index contributed by atoms with van der Waals surface area (Å²) in [5.74, 6) is 0.968. The topological polar surface area (TPSA) is 17.8 Å². The standard InChI is InChI=1S/C12H13BrN2S/c1-2-15-9-14-7-11(15)8-16-12-5-3-10(13)4-6-12/h3-7,9H,2,8H2,1H3. The molecule has 84 valence electrons. The van der Waals surface area contributed by atoms with Gasteiger partial charge >= 0.3 is 0 Å². The van der Waals surface area contributed by atoms with Crippen LogP contribution >= 0.6 is 27.7 Å². The third-order valence-corrected chi connectivity index (χ3v) is 3.91. The smallest absolute Gasteiger partial charge is 0.0948 e. The van der Waals surface area contributed by atoms with Gasteiger partial charge in [0.2, 0.25) is 0 Å². The van der Waals surface area contributed by atoms with Gasteiger partial charge < -0.3 is 4.57 Å². The zero-order valence-corrected chi connectivity index (χ0v) is 11.5. The van der Waals surface area contributed by atoms with Gasteiger partial charge in [0.05, 0.1) is 6.33 Å². The Kier molecular flexibility index (Phi) is 4.07. The highest BCUT2D eigenvalue weighted by Gasteiger charge is 2.01. The van der Waals surface area contributed by atoms with Gasteiger partial charge in [-0.15, -0.1) is 11.8 Å². The van der Waals surface area contributed by atoms with Gasteiger partial charge in [-0.1, -0.05) is 15.9 Å². The SMILES string of the molecule is CCn1cncc1CSc1ccc(Br)cc1. The second-order valence-corrected chi connectivity index (χ2v) is 5.38. The fraction of sp³-hybridized carbons (Fsp3) is 0.250. The van der Waals surface area contributed by atoms with Crippen LogP contribution in [0.5, 0.6) is 0 Å². The Morgan fingerprint density at radius 3 is 2.75 bits per heavy atom. The van der Waals surface area contributed by atoms with Crippen molar-refractivity contribution in [2.24, 2.45) is 0 Å². The van der Waals surface area contributed by atoms with Crippen LogP contribution in [0.4, 0.5) is 0 Å². The third-order valence-electron chi connectivity index (χ3n) is 2.34. The predicted molar refractivity (Wildman–Crippen MR) is 71.6 cm³/mol. The molecule has 0 unspecified atom stereocenters. The van der Waals surface area contributed by atoms with Crippen molar-refractivity contribution >= 4 is 27.7 Å². The molecule has 0 atom stereocenters. The Morgan fingerprint density at radius 1 is 1.31 bits per heavy atom. The molecule has 0 aliphatic heterocycles. The largest absolute Gasteiger partial charge is 0.334 e. The van der Waals surface area contributed by atoms with E-state index in [1.165, 1.54) is 10.6 Å². The fourth-order valence-corrected chi connectivity index (χ4v) is 2.59. The second-order valence-electron chi connectivity index (χ2n) is 3.41. The predicted octanol–water partition coefficient (Wildman–Crippen LogP) is 3.96. The van der Waals surface area contributed by atoms with Crippen molar-refractivity contribution in [3.8, 4) is 0 Å². The number of imidazole rings is 1. The quantitative estimate of drug-likeness (QED) is 0.795. The lowest BCUT2D eigenvalue weighted by atomic mass is 10.4. The monoisotopic (exact) mass is 296 g/mol. The first-order chi connectivity index (χ1) is 7.79. The van der Waals surface area contributed by atoms with E-state index >= 15 is 0 Å². The van der Waals surface area contributed by atoms with Crippen LogP contribution in [-0.4, -0.2) is 9.55 Å². The molecule has 1 aromatic carbocycles. The summed E-state index contributed by atoms with van der Waals surface area (Å²) in [7, 11) is 0. The van der Waals surface area contributed by atoms with E-state index in [4.69, 9.17) is 0 Å². The summed E-state index contributed by atoms with van der Waals surface area (Å²) < 4.78 is 3.29. The van der Waals surface area contributed by atoms with Gasteiger partial charge in [-0.05, 0) is 31.2 Å². The Balaban J connectivity index is 1.99. The molecule has 0 saturated heterocycles. The van der Waals surface area contributed by atoms with Crippen molar-refractivity contribution in [2.45, 2.75) is 24.1 Å². The van der Waals surface area contributed by atoms with Gasteiger partial charge in [0.1, 0.15) is 0 Å². The molecular formula is C12H13BrN2S. The first-order valence-corrected chi connectivity index (χ1v) is 6.95. The van der Waals surface area contributed by atoms with Crippen molar-refractivity contribution in [2.75, 3.05) is 0 Å². The molecule has 16 heavy (non-hydrogen) atoms. The minimum atomic E-state index is 0.968. The van der Waals surface area contributed by atoms with Crippen molar-refractivity contribution in [3.05, 3.63) is 47.0 Å². The Bertz CT molecular complexity index is 450. The van der Waals surface area contributed by atoms with E-state index in [0.29, 0.717) is 0 Å². The lowest BCUT2D eigenvalue weighted by Gasteiger charge is -2.04. The zero-order chi connectivity index (χ0) is 11.4. The van der Waals surface area contributed by atoms with E-state index in [-0.39, 0.29) is 0 Å². The van der Waals surface area contributed by atoms with Crippen molar-refractivity contribution in [3.63, 3.8) is 0 Å². The number of hydrogen-bond donors (Lipinski definition) is 0. The average molecular weight is 297 g/mol. The molecule has 0 aliphatic carbocycles. The summed E-state index contributed by atoms with van der Waals surface area (Å²) in [6, 6.07) is 8.39. The van der Waals surface area contributed by atoms with E-state index in [1.807, 2.05) is 24.3 Å². The average Bonchev–Trinajstić information content (AvgIpc) is 2.76. The molecule has 1 aromatic heterocycles. The minimum absolute atomic E-state index is 0.968. The minimum Gasteiger partial charge on any atom is -0.334 e. The van der Waals surface area contributed by atoms with Crippen LogP contribution in [0.25, 0.3) is 0 Å². The van der Waals surface area contributed by atoms with Gasteiger partial charge in [0, 0.05) is 33.6 Å². The third kappa shape index (κ3) is 2.89. The molecule has 0 radical (unpaired) electrons. The van der Waals surface area contributed by atoms with Gasteiger partial charge in [-0.2, -0.15) is 0 Å². The molecular weight excluding hydrogens is 284 g/mol. The number of rotatable bonds is 4. The number of aryl methyl sites for hydroxylation is 1. The molecule has 1 heterocycles. The number of thioether (sulfide) groups is 1. The highest BCUT2D eigenvalue weighted by molar-refractivity contribution is 9.10. The summed E-state index contributed by atoms with van der Waals surface area (Å²) >= 11 is 5.27. The lowest BCUT2D eigenvalue weighted by Crippen LogP contribution is -1.96. The van der Waals surface area contributed by atoms with Crippen LogP contribution in [0.1, 0.15) is 12.6 Å². The highest BCUT2D eigenvalue weighted by atomic mass is 79.9. The van der Waals surface area contributed by atoms with Crippen molar-refractivity contribution < 1.29 is 0 Å². The summed E-state index contributed by atoms with van der Waals surface area (Å²) in [4.78, 5) is 5.45. The number of benzene rings is 1. The second kappa shape index (κ2) is 5.55. The molecule has 2 nitrogen and oxygen atoms in total. The van der Waals surface area contributed by atoms with Crippen LogP contribution in [0.2, 0.25) is 0 Å². The summed E-state index contributed by atoms with van der Waals surface area (Å²) in [6.45, 7) is 3.12. The number of nitrogens with zero attached hydrogens (tertiary/aromatic N) is 2. The molecule has 2 rings (SSSR count). The summed E-state index contributed by atoms with van der Waals surface area (Å²) in [5.41, 5.74) is 1.27. The lowest BCUT2D eigenvalue weighted by molar-refractivity contribution is 0.734. The van der Waals surface area contributed by atoms with E-state index in [2.05, 4.69) is 56.7 Å². The van der Waals surface area contributed by atoms with Gasteiger partial charge in [-0.3, -0.25) is 0 Å². The van der Waals surface area contributed by atoms with Crippen molar-refractivity contribution in [1.82, 2.24) is 9.55 Å². The molecule has 0 fully saturated rings. The van der Waals surface area contributed by atoms with E-state index in [9.17, 15) is 0 Å². The van der Waals surface area contributed by atoms with Crippen LogP contribution in [0.15, 0.2) is 46.2 Å². The van der Waals surface area contributed by atoms with E-state index in [0.717, 1.165) is 16.8 Å². The normalized spacial score (nSPS) is 10.6. The van der Waals surface area contributed by atoms with Gasteiger partial charge in [0.25, 0.3) is 0 Å². The van der Waals surface area contributed by atoms with Crippen molar-refractivity contribution in [1.29, 1.82) is 0 Å². The van der Waals surface area contributed by atoms with E-state index in [1.54, 1.807) is 0 Å².